The average Bonchev–Trinajstić information content (AvgIpc) is 3.30. The van der Waals surface area contributed by atoms with Gasteiger partial charge in [0.1, 0.15) is 5.82 Å². The summed E-state index contributed by atoms with van der Waals surface area (Å²) in [5.41, 5.74) is 8.22. The molecule has 4 aromatic rings. The van der Waals surface area contributed by atoms with Crippen LogP contribution in [0.1, 0.15) is 39.6 Å². The number of primary amides is 1. The number of aromatic nitrogens is 3. The molecular formula is C28H31N5O2. The molecule has 2 aromatic heterocycles. The van der Waals surface area contributed by atoms with Gasteiger partial charge in [-0.05, 0) is 23.6 Å². The van der Waals surface area contributed by atoms with E-state index < -0.39 is 5.91 Å². The SMILES string of the molecule is Cn1ccnc1CN(CCCOc1ccc(C(N)=O)cn1)CC(c1ccccc1)c1ccccc1. The number of imidazole rings is 1. The highest BCUT2D eigenvalue weighted by Crippen LogP contribution is 2.26. The topological polar surface area (TPSA) is 86.3 Å². The Balaban J connectivity index is 1.45. The van der Waals surface area contributed by atoms with Gasteiger partial charge in [0.15, 0.2) is 0 Å². The quantitative estimate of drug-likeness (QED) is 0.317. The summed E-state index contributed by atoms with van der Waals surface area (Å²) in [5.74, 6) is 1.24. The third-order valence-electron chi connectivity index (χ3n) is 6.02. The second kappa shape index (κ2) is 11.9. The molecule has 0 atom stereocenters. The van der Waals surface area contributed by atoms with Crippen LogP contribution in [0.5, 0.6) is 5.88 Å². The Bertz CT molecular complexity index is 1150. The number of hydrogen-bond donors (Lipinski definition) is 1. The van der Waals surface area contributed by atoms with E-state index in [4.69, 9.17) is 10.5 Å². The average molecular weight is 470 g/mol. The van der Waals surface area contributed by atoms with Crippen LogP contribution in [0.3, 0.4) is 0 Å². The van der Waals surface area contributed by atoms with E-state index in [0.717, 1.165) is 31.9 Å². The van der Waals surface area contributed by atoms with Gasteiger partial charge in [-0.2, -0.15) is 0 Å². The van der Waals surface area contributed by atoms with Crippen LogP contribution in [-0.4, -0.2) is 45.0 Å². The molecule has 0 saturated carbocycles. The first-order valence-corrected chi connectivity index (χ1v) is 11.8. The van der Waals surface area contributed by atoms with Gasteiger partial charge in [-0.15, -0.1) is 0 Å². The zero-order valence-electron chi connectivity index (χ0n) is 20.0. The molecule has 0 spiro atoms. The summed E-state index contributed by atoms with van der Waals surface area (Å²) in [6.07, 6.45) is 6.07. The number of rotatable bonds is 12. The maximum absolute atomic E-state index is 11.2. The monoisotopic (exact) mass is 469 g/mol. The van der Waals surface area contributed by atoms with Crippen LogP contribution in [0.2, 0.25) is 0 Å². The number of pyridine rings is 1. The fourth-order valence-corrected chi connectivity index (χ4v) is 4.09. The predicted molar refractivity (Wildman–Crippen MR) is 136 cm³/mol. The molecule has 0 aliphatic carbocycles. The van der Waals surface area contributed by atoms with E-state index >= 15 is 0 Å². The number of nitrogens with two attached hydrogens (primary N) is 1. The second-order valence-corrected chi connectivity index (χ2v) is 8.51. The minimum absolute atomic E-state index is 0.238. The number of aryl methyl sites for hydroxylation is 1. The highest BCUT2D eigenvalue weighted by molar-refractivity contribution is 5.92. The van der Waals surface area contributed by atoms with Crippen LogP contribution >= 0.6 is 0 Å². The molecule has 35 heavy (non-hydrogen) atoms. The molecule has 180 valence electrons. The summed E-state index contributed by atoms with van der Waals surface area (Å²) >= 11 is 0. The van der Waals surface area contributed by atoms with E-state index in [1.807, 2.05) is 19.4 Å². The maximum Gasteiger partial charge on any atom is 0.250 e. The normalized spacial score (nSPS) is 11.2. The van der Waals surface area contributed by atoms with Gasteiger partial charge in [-0.3, -0.25) is 9.69 Å². The summed E-state index contributed by atoms with van der Waals surface area (Å²) in [7, 11) is 2.02. The van der Waals surface area contributed by atoms with Crippen molar-refractivity contribution in [1.29, 1.82) is 0 Å². The zero-order valence-corrected chi connectivity index (χ0v) is 20.0. The van der Waals surface area contributed by atoms with Gasteiger partial charge in [0.05, 0.1) is 18.7 Å². The first-order chi connectivity index (χ1) is 17.1. The van der Waals surface area contributed by atoms with E-state index in [1.165, 1.54) is 17.3 Å². The molecule has 2 N–H and O–H groups in total. The number of carbonyl (C=O) groups is 1. The van der Waals surface area contributed by atoms with Gasteiger partial charge in [-0.25, -0.2) is 9.97 Å². The lowest BCUT2D eigenvalue weighted by Gasteiger charge is -2.28. The standard InChI is InChI=1S/C28H31N5O2/c1-32-17-15-30-26(32)21-33(16-8-18-35-27-14-13-24(19-31-27)28(29)34)20-25(22-9-4-2-5-10-22)23-11-6-3-7-12-23/h2-7,9-15,17,19,25H,8,16,18,20-21H2,1H3,(H2,29,34). The fraction of sp³-hybridized carbons (Fsp3) is 0.250. The van der Waals surface area contributed by atoms with Crippen molar-refractivity contribution < 1.29 is 9.53 Å². The molecule has 0 fully saturated rings. The molecule has 0 radical (unpaired) electrons. The maximum atomic E-state index is 11.2. The third kappa shape index (κ3) is 6.77. The predicted octanol–water partition coefficient (Wildman–Crippen LogP) is 4.02. The summed E-state index contributed by atoms with van der Waals surface area (Å²) in [6, 6.07) is 24.6. The van der Waals surface area contributed by atoms with Crippen molar-refractivity contribution in [3.8, 4) is 5.88 Å². The lowest BCUT2D eigenvalue weighted by molar-refractivity contribution is 0.1000. The molecule has 0 unspecified atom stereocenters. The van der Waals surface area contributed by atoms with Crippen molar-refractivity contribution in [2.24, 2.45) is 12.8 Å². The number of ether oxygens (including phenoxy) is 1. The molecule has 7 nitrogen and oxygen atoms in total. The molecule has 0 bridgehead atoms. The second-order valence-electron chi connectivity index (χ2n) is 8.51. The third-order valence-corrected chi connectivity index (χ3v) is 6.02. The van der Waals surface area contributed by atoms with Crippen molar-refractivity contribution in [2.75, 3.05) is 19.7 Å². The molecule has 1 amide bonds. The van der Waals surface area contributed by atoms with E-state index in [2.05, 4.69) is 80.1 Å². The number of hydrogen-bond acceptors (Lipinski definition) is 5. The first-order valence-electron chi connectivity index (χ1n) is 11.8. The van der Waals surface area contributed by atoms with Crippen molar-refractivity contribution in [3.63, 3.8) is 0 Å². The van der Waals surface area contributed by atoms with E-state index in [9.17, 15) is 4.79 Å². The summed E-state index contributed by atoms with van der Waals surface area (Å²) in [6.45, 7) is 2.95. The Labute approximate surface area is 206 Å². The Morgan fingerprint density at radius 2 is 1.69 bits per heavy atom. The van der Waals surface area contributed by atoms with Crippen molar-refractivity contribution >= 4 is 5.91 Å². The summed E-state index contributed by atoms with van der Waals surface area (Å²) in [5, 5.41) is 0. The zero-order chi connectivity index (χ0) is 24.5. The molecule has 0 aliphatic rings. The molecule has 2 aromatic carbocycles. The number of benzene rings is 2. The Hall–Kier alpha value is -3.97. The highest BCUT2D eigenvalue weighted by atomic mass is 16.5. The summed E-state index contributed by atoms with van der Waals surface area (Å²) in [4.78, 5) is 22.4. The minimum atomic E-state index is -0.500. The smallest absolute Gasteiger partial charge is 0.250 e. The lowest BCUT2D eigenvalue weighted by Crippen LogP contribution is -2.31. The molecule has 2 heterocycles. The molecule has 4 rings (SSSR count). The Morgan fingerprint density at radius 3 is 2.23 bits per heavy atom. The van der Waals surface area contributed by atoms with Gasteiger partial charge in [0, 0.05) is 50.7 Å². The van der Waals surface area contributed by atoms with Crippen LogP contribution in [-0.2, 0) is 13.6 Å². The van der Waals surface area contributed by atoms with Crippen LogP contribution in [0.25, 0.3) is 0 Å². The summed E-state index contributed by atoms with van der Waals surface area (Å²) < 4.78 is 7.88. The van der Waals surface area contributed by atoms with Crippen molar-refractivity contribution in [1.82, 2.24) is 19.4 Å². The van der Waals surface area contributed by atoms with Crippen LogP contribution in [0.4, 0.5) is 0 Å². The van der Waals surface area contributed by atoms with E-state index in [0.29, 0.717) is 18.1 Å². The molecule has 0 saturated heterocycles. The van der Waals surface area contributed by atoms with Gasteiger partial charge >= 0.3 is 0 Å². The van der Waals surface area contributed by atoms with E-state index in [1.54, 1.807) is 12.1 Å². The largest absolute Gasteiger partial charge is 0.478 e. The highest BCUT2D eigenvalue weighted by Gasteiger charge is 2.19. The Kier molecular flexibility index (Phi) is 8.25. The lowest BCUT2D eigenvalue weighted by atomic mass is 9.90. The van der Waals surface area contributed by atoms with Crippen LogP contribution in [0, 0.1) is 0 Å². The number of amides is 1. The van der Waals surface area contributed by atoms with Gasteiger partial charge in [0.25, 0.3) is 0 Å². The number of carbonyl (C=O) groups excluding carboxylic acids is 1. The van der Waals surface area contributed by atoms with Crippen LogP contribution < -0.4 is 10.5 Å². The molecular weight excluding hydrogens is 438 g/mol. The Morgan fingerprint density at radius 1 is 1.00 bits per heavy atom. The first kappa shape index (κ1) is 24.2. The molecule has 7 heteroatoms. The van der Waals surface area contributed by atoms with E-state index in [-0.39, 0.29) is 5.92 Å². The minimum Gasteiger partial charge on any atom is -0.478 e. The van der Waals surface area contributed by atoms with Crippen molar-refractivity contribution in [2.45, 2.75) is 18.9 Å². The van der Waals surface area contributed by atoms with Crippen molar-refractivity contribution in [3.05, 3.63) is 114 Å². The number of nitrogens with zero attached hydrogens (tertiary/aromatic N) is 4. The van der Waals surface area contributed by atoms with Crippen LogP contribution in [0.15, 0.2) is 91.4 Å². The molecule has 0 aliphatic heterocycles. The van der Waals surface area contributed by atoms with Gasteiger partial charge in [-0.1, -0.05) is 60.7 Å². The fourth-order valence-electron chi connectivity index (χ4n) is 4.09. The van der Waals surface area contributed by atoms with Gasteiger partial charge < -0.3 is 15.0 Å². The van der Waals surface area contributed by atoms with Gasteiger partial charge in [0.2, 0.25) is 11.8 Å².